The van der Waals surface area contributed by atoms with Crippen LogP contribution in [0, 0.1) is 0 Å². The molecule has 13 heteroatoms. The fourth-order valence-corrected chi connectivity index (χ4v) is 3.08. The molecule has 170 valence electrons. The molecule has 0 aliphatic carbocycles. The van der Waals surface area contributed by atoms with Crippen LogP contribution < -0.4 is 15.4 Å². The molecule has 0 aliphatic rings. The minimum atomic E-state index is -4.47. The molecule has 2 aromatic heterocycles. The van der Waals surface area contributed by atoms with Gasteiger partial charge in [0.15, 0.2) is 17.1 Å². The Labute approximate surface area is 182 Å². The molecular formula is C19H22N5O7P. The van der Waals surface area contributed by atoms with E-state index in [2.05, 4.69) is 30.1 Å². The van der Waals surface area contributed by atoms with Crippen LogP contribution in [0.25, 0.3) is 22.4 Å². The topological polar surface area (TPSA) is 176 Å². The third-order valence-electron chi connectivity index (χ3n) is 4.24. The van der Waals surface area contributed by atoms with Gasteiger partial charge < -0.3 is 24.9 Å². The van der Waals surface area contributed by atoms with Crippen molar-refractivity contribution >= 4 is 30.8 Å². The molecule has 32 heavy (non-hydrogen) atoms. The number of anilines is 1. The number of phosphoric ester groups is 1. The number of benzene rings is 1. The maximum absolute atomic E-state index is 12.0. The van der Waals surface area contributed by atoms with Gasteiger partial charge in [-0.2, -0.15) is 0 Å². The lowest BCUT2D eigenvalue weighted by Crippen LogP contribution is -2.30. The molecule has 0 bridgehead atoms. The van der Waals surface area contributed by atoms with Gasteiger partial charge >= 0.3 is 13.9 Å². The van der Waals surface area contributed by atoms with Gasteiger partial charge in [0, 0.05) is 12.1 Å². The van der Waals surface area contributed by atoms with E-state index in [-0.39, 0.29) is 24.7 Å². The van der Waals surface area contributed by atoms with Crippen LogP contribution in [0.1, 0.15) is 12.8 Å². The minimum absolute atomic E-state index is 0.00920. The summed E-state index contributed by atoms with van der Waals surface area (Å²) in [7, 11) is -3.02. The molecule has 5 N–H and O–H groups in total. The third-order valence-corrected chi connectivity index (χ3v) is 4.76. The smallest absolute Gasteiger partial charge is 0.469 e. The number of carbonyl (C=O) groups is 1. The number of urea groups is 1. The zero-order chi connectivity index (χ0) is 23.1. The second kappa shape index (κ2) is 10.3. The fraction of sp³-hybridized carbons (Fsp3) is 0.263. The summed E-state index contributed by atoms with van der Waals surface area (Å²) in [5, 5.41) is 15.0. The molecule has 3 rings (SSSR count). The number of ether oxygens (including phenoxy) is 1. The number of carbonyl (C=O) groups excluding carboxylic acids is 1. The number of hydrogen-bond acceptors (Lipinski definition) is 8. The maximum Gasteiger partial charge on any atom is 0.469 e. The molecule has 0 radical (unpaired) electrons. The number of amides is 2. The Morgan fingerprint density at radius 1 is 1.16 bits per heavy atom. The first-order valence-corrected chi connectivity index (χ1v) is 11.0. The van der Waals surface area contributed by atoms with Crippen molar-refractivity contribution in [3.05, 3.63) is 36.5 Å². The van der Waals surface area contributed by atoms with E-state index in [1.54, 1.807) is 30.5 Å². The van der Waals surface area contributed by atoms with Crippen molar-refractivity contribution < 1.29 is 33.5 Å². The number of pyridine rings is 1. The van der Waals surface area contributed by atoms with E-state index in [0.717, 1.165) is 0 Å². The Hall–Kier alpha value is -3.31. The lowest BCUT2D eigenvalue weighted by atomic mass is 10.1. The predicted octanol–water partition coefficient (Wildman–Crippen LogP) is 2.42. The summed E-state index contributed by atoms with van der Waals surface area (Å²) in [5.74, 6) is 0.585. The summed E-state index contributed by atoms with van der Waals surface area (Å²) in [6.45, 7) is 0.185. The lowest BCUT2D eigenvalue weighted by molar-refractivity contribution is 0.193. The first-order chi connectivity index (χ1) is 15.2. The van der Waals surface area contributed by atoms with Crippen molar-refractivity contribution in [1.82, 2.24) is 20.3 Å². The third kappa shape index (κ3) is 6.59. The number of nitrogens with one attached hydrogen (secondary N) is 2. The monoisotopic (exact) mass is 463 g/mol. The number of phenolic OH excluding ortho intramolecular Hbond substituents is 1. The van der Waals surface area contributed by atoms with Gasteiger partial charge in [0.05, 0.1) is 25.6 Å². The van der Waals surface area contributed by atoms with E-state index in [1.165, 1.54) is 13.2 Å². The van der Waals surface area contributed by atoms with Crippen LogP contribution >= 0.6 is 7.82 Å². The molecule has 3 aromatic rings. The molecule has 2 heterocycles. The van der Waals surface area contributed by atoms with Gasteiger partial charge in [0.1, 0.15) is 11.3 Å². The second-order valence-corrected chi connectivity index (χ2v) is 7.83. The molecule has 0 saturated heterocycles. The number of fused-ring (bicyclic) bond motifs is 1. The van der Waals surface area contributed by atoms with Crippen molar-refractivity contribution in [3.63, 3.8) is 0 Å². The largest absolute Gasteiger partial charge is 0.504 e. The van der Waals surface area contributed by atoms with Crippen LogP contribution in [0.3, 0.4) is 0 Å². The van der Waals surface area contributed by atoms with Crippen molar-refractivity contribution in [1.29, 1.82) is 0 Å². The molecule has 0 atom stereocenters. The van der Waals surface area contributed by atoms with E-state index >= 15 is 0 Å². The first-order valence-electron chi connectivity index (χ1n) is 9.51. The van der Waals surface area contributed by atoms with Crippen LogP contribution in [0.2, 0.25) is 0 Å². The van der Waals surface area contributed by atoms with E-state index in [0.29, 0.717) is 41.0 Å². The van der Waals surface area contributed by atoms with Crippen LogP contribution in [-0.2, 0) is 9.09 Å². The number of aromatic nitrogens is 3. The average Bonchev–Trinajstić information content (AvgIpc) is 2.75. The number of rotatable bonds is 9. The Balaban J connectivity index is 1.61. The van der Waals surface area contributed by atoms with Crippen LogP contribution in [0.15, 0.2) is 36.5 Å². The van der Waals surface area contributed by atoms with Gasteiger partial charge in [-0.3, -0.25) is 14.8 Å². The van der Waals surface area contributed by atoms with Crippen molar-refractivity contribution in [2.24, 2.45) is 0 Å². The summed E-state index contributed by atoms with van der Waals surface area (Å²) in [6.07, 6.45) is 2.43. The molecule has 0 unspecified atom stereocenters. The molecule has 0 saturated carbocycles. The maximum atomic E-state index is 12.0. The summed E-state index contributed by atoms with van der Waals surface area (Å²) in [6, 6.07) is 7.58. The highest BCUT2D eigenvalue weighted by atomic mass is 31.2. The zero-order valence-corrected chi connectivity index (χ0v) is 18.0. The lowest BCUT2D eigenvalue weighted by Gasteiger charge is -2.09. The molecule has 0 spiro atoms. The van der Waals surface area contributed by atoms with Gasteiger partial charge in [0.2, 0.25) is 0 Å². The zero-order valence-electron chi connectivity index (χ0n) is 17.1. The van der Waals surface area contributed by atoms with Gasteiger partial charge in [-0.25, -0.2) is 19.3 Å². The SMILES string of the molecule is COc1cc(-c2cnc3ccc(NC(=O)NCCCCOP(=O)(O)O)nc3n2)ccc1O. The summed E-state index contributed by atoms with van der Waals surface area (Å²) < 4.78 is 20.0. The van der Waals surface area contributed by atoms with E-state index in [1.807, 2.05) is 0 Å². The molecule has 2 amide bonds. The quantitative estimate of drug-likeness (QED) is 0.234. The number of aromatic hydroxyl groups is 1. The average molecular weight is 463 g/mol. The van der Waals surface area contributed by atoms with Crippen LogP contribution in [-0.4, -0.2) is 56.1 Å². The highest BCUT2D eigenvalue weighted by Crippen LogP contribution is 2.35. The molecule has 0 fully saturated rings. The van der Waals surface area contributed by atoms with Gasteiger partial charge in [0.25, 0.3) is 0 Å². The number of hydrogen-bond donors (Lipinski definition) is 5. The fourth-order valence-electron chi connectivity index (χ4n) is 2.72. The number of methoxy groups -OCH3 is 1. The first kappa shape index (κ1) is 23.4. The van der Waals surface area contributed by atoms with Gasteiger partial charge in [-0.15, -0.1) is 0 Å². The summed E-state index contributed by atoms with van der Waals surface area (Å²) in [5.41, 5.74) is 2.05. The predicted molar refractivity (Wildman–Crippen MR) is 115 cm³/mol. The van der Waals surface area contributed by atoms with Crippen LogP contribution in [0.4, 0.5) is 10.6 Å². The second-order valence-electron chi connectivity index (χ2n) is 6.59. The Bertz CT molecular complexity index is 1150. The van der Waals surface area contributed by atoms with Crippen molar-refractivity contribution in [3.8, 4) is 22.8 Å². The number of phenols is 1. The molecule has 1 aromatic carbocycles. The Morgan fingerprint density at radius 2 is 1.97 bits per heavy atom. The van der Waals surface area contributed by atoms with Gasteiger partial charge in [-0.1, -0.05) is 0 Å². The number of unbranched alkanes of at least 4 members (excludes halogenated alkanes) is 1. The Morgan fingerprint density at radius 3 is 2.72 bits per heavy atom. The highest BCUT2D eigenvalue weighted by molar-refractivity contribution is 7.46. The normalized spacial score (nSPS) is 11.3. The van der Waals surface area contributed by atoms with E-state index in [4.69, 9.17) is 14.5 Å². The number of phosphoric acid groups is 1. The molecular weight excluding hydrogens is 441 g/mol. The standard InChI is InChI=1S/C19H22N5O7P/c1-30-16-10-12(4-6-15(16)25)14-11-21-13-5-7-17(23-18(13)22-14)24-19(26)20-8-2-3-9-31-32(27,28)29/h4-7,10-11,25H,2-3,8-9H2,1H3,(H2,27,28,29)(H2,20,22,23,24,26). The number of nitrogens with zero attached hydrogens (tertiary/aromatic N) is 3. The molecule has 0 aliphatic heterocycles. The summed E-state index contributed by atoms with van der Waals surface area (Å²) in [4.78, 5) is 42.3. The Kier molecular flexibility index (Phi) is 7.54. The van der Waals surface area contributed by atoms with Crippen LogP contribution in [0.5, 0.6) is 11.5 Å². The van der Waals surface area contributed by atoms with Crippen molar-refractivity contribution in [2.75, 3.05) is 25.6 Å². The van der Waals surface area contributed by atoms with Gasteiger partial charge in [-0.05, 0) is 43.2 Å². The van der Waals surface area contributed by atoms with E-state index in [9.17, 15) is 14.5 Å². The minimum Gasteiger partial charge on any atom is -0.504 e. The van der Waals surface area contributed by atoms with E-state index < -0.39 is 13.9 Å². The molecule has 12 nitrogen and oxygen atoms in total. The summed E-state index contributed by atoms with van der Waals surface area (Å²) >= 11 is 0. The highest BCUT2D eigenvalue weighted by Gasteiger charge is 2.13. The van der Waals surface area contributed by atoms with Crippen molar-refractivity contribution in [2.45, 2.75) is 12.8 Å².